The predicted octanol–water partition coefficient (Wildman–Crippen LogP) is 1.68. The van der Waals surface area contributed by atoms with Gasteiger partial charge in [-0.1, -0.05) is 15.9 Å². The summed E-state index contributed by atoms with van der Waals surface area (Å²) in [6.45, 7) is 1.63. The number of aryl methyl sites for hydroxylation is 1. The van der Waals surface area contributed by atoms with Gasteiger partial charge in [-0.05, 0) is 19.1 Å². The molecular formula is C9H9BrN4O2S. The Morgan fingerprint density at radius 1 is 1.47 bits per heavy atom. The Balaban J connectivity index is 2.33. The average Bonchev–Trinajstić information content (AvgIpc) is 2.64. The minimum absolute atomic E-state index is 0.110. The number of pyridine rings is 1. The Kier molecular flexibility index (Phi) is 3.16. The van der Waals surface area contributed by atoms with Crippen LogP contribution in [0.1, 0.15) is 5.69 Å². The molecule has 0 aliphatic carbocycles. The second-order valence-corrected chi connectivity index (χ2v) is 5.89. The summed E-state index contributed by atoms with van der Waals surface area (Å²) >= 11 is 3.24. The highest BCUT2D eigenvalue weighted by Gasteiger charge is 2.19. The molecule has 0 aromatic carbocycles. The second-order valence-electron chi connectivity index (χ2n) is 3.32. The fourth-order valence-electron chi connectivity index (χ4n) is 1.26. The Bertz CT molecular complexity index is 638. The summed E-state index contributed by atoms with van der Waals surface area (Å²) in [6, 6.07) is 3.29. The lowest BCUT2D eigenvalue weighted by Gasteiger charge is -2.06. The number of aromatic amines is 1. The van der Waals surface area contributed by atoms with Crippen molar-refractivity contribution >= 4 is 31.8 Å². The van der Waals surface area contributed by atoms with Gasteiger partial charge in [0, 0.05) is 10.7 Å². The van der Waals surface area contributed by atoms with Gasteiger partial charge in [0.05, 0.1) is 11.9 Å². The lowest BCUT2D eigenvalue weighted by Crippen LogP contribution is -2.14. The highest BCUT2D eigenvalue weighted by atomic mass is 79.9. The van der Waals surface area contributed by atoms with Gasteiger partial charge in [-0.15, -0.1) is 0 Å². The summed E-state index contributed by atoms with van der Waals surface area (Å²) in [5, 5.41) is 6.25. The van der Waals surface area contributed by atoms with Gasteiger partial charge in [-0.25, -0.2) is 13.4 Å². The van der Waals surface area contributed by atoms with Crippen molar-refractivity contribution in [1.29, 1.82) is 0 Å². The number of anilines is 1. The van der Waals surface area contributed by atoms with Crippen LogP contribution in [0.4, 0.5) is 5.82 Å². The molecule has 8 heteroatoms. The molecule has 0 saturated heterocycles. The van der Waals surface area contributed by atoms with Gasteiger partial charge in [0.25, 0.3) is 10.0 Å². The molecule has 0 unspecified atom stereocenters. The Labute approximate surface area is 107 Å². The Morgan fingerprint density at radius 3 is 2.82 bits per heavy atom. The molecule has 0 amide bonds. The summed E-state index contributed by atoms with van der Waals surface area (Å²) in [5.74, 6) is 0.250. The van der Waals surface area contributed by atoms with Gasteiger partial charge in [-0.2, -0.15) is 5.10 Å². The van der Waals surface area contributed by atoms with E-state index in [1.54, 1.807) is 19.1 Å². The van der Waals surface area contributed by atoms with Crippen LogP contribution in [0.2, 0.25) is 0 Å². The Morgan fingerprint density at radius 2 is 2.24 bits per heavy atom. The largest absolute Gasteiger partial charge is 0.281 e. The molecule has 6 nitrogen and oxygen atoms in total. The minimum Gasteiger partial charge on any atom is -0.281 e. The first-order valence-corrected chi connectivity index (χ1v) is 6.91. The van der Waals surface area contributed by atoms with Crippen molar-refractivity contribution in [2.24, 2.45) is 0 Å². The standard InChI is InChI=1S/C9H9BrN4O2S/c1-6-8(5-12-13-6)17(15,16)14-9-4-7(10)2-3-11-9/h2-5H,1H3,(H,11,14)(H,12,13). The third kappa shape index (κ3) is 2.64. The number of aromatic nitrogens is 3. The molecule has 0 spiro atoms. The van der Waals surface area contributed by atoms with E-state index in [2.05, 4.69) is 35.8 Å². The first-order chi connectivity index (χ1) is 7.99. The van der Waals surface area contributed by atoms with Crippen LogP contribution in [0.5, 0.6) is 0 Å². The van der Waals surface area contributed by atoms with E-state index in [9.17, 15) is 8.42 Å². The number of halogens is 1. The molecule has 2 aromatic rings. The fraction of sp³-hybridized carbons (Fsp3) is 0.111. The molecule has 0 bridgehead atoms. The molecule has 2 N–H and O–H groups in total. The first-order valence-electron chi connectivity index (χ1n) is 4.63. The molecule has 0 aliphatic heterocycles. The molecule has 0 fully saturated rings. The SMILES string of the molecule is Cc1[nH]ncc1S(=O)(=O)Nc1cc(Br)ccn1. The highest BCUT2D eigenvalue weighted by Crippen LogP contribution is 2.18. The van der Waals surface area contributed by atoms with Crippen LogP contribution in [-0.2, 0) is 10.0 Å². The van der Waals surface area contributed by atoms with Crippen molar-refractivity contribution in [2.45, 2.75) is 11.8 Å². The van der Waals surface area contributed by atoms with Crippen LogP contribution in [0, 0.1) is 6.92 Å². The Hall–Kier alpha value is -1.41. The lowest BCUT2D eigenvalue weighted by molar-refractivity contribution is 0.600. The number of nitrogens with one attached hydrogen (secondary N) is 2. The third-order valence-corrected chi connectivity index (χ3v) is 4.00. The zero-order chi connectivity index (χ0) is 12.5. The van der Waals surface area contributed by atoms with Crippen LogP contribution in [0.3, 0.4) is 0 Å². The van der Waals surface area contributed by atoms with Crippen molar-refractivity contribution in [2.75, 3.05) is 4.72 Å². The van der Waals surface area contributed by atoms with Crippen molar-refractivity contribution in [3.05, 3.63) is 34.7 Å². The molecule has 17 heavy (non-hydrogen) atoms. The monoisotopic (exact) mass is 316 g/mol. The number of nitrogens with zero attached hydrogens (tertiary/aromatic N) is 2. The average molecular weight is 317 g/mol. The molecule has 0 saturated carbocycles. The molecule has 0 atom stereocenters. The number of hydrogen-bond acceptors (Lipinski definition) is 4. The molecular weight excluding hydrogens is 308 g/mol. The van der Waals surface area contributed by atoms with E-state index in [0.29, 0.717) is 5.69 Å². The van der Waals surface area contributed by atoms with Crippen LogP contribution >= 0.6 is 15.9 Å². The summed E-state index contributed by atoms with van der Waals surface area (Å²) in [6.07, 6.45) is 2.76. The molecule has 0 radical (unpaired) electrons. The van der Waals surface area contributed by atoms with Crippen molar-refractivity contribution in [3.63, 3.8) is 0 Å². The van der Waals surface area contributed by atoms with E-state index < -0.39 is 10.0 Å². The van der Waals surface area contributed by atoms with Gasteiger partial charge < -0.3 is 0 Å². The summed E-state index contributed by atoms with van der Waals surface area (Å²) in [5.41, 5.74) is 0.479. The molecule has 2 heterocycles. The molecule has 0 aliphatic rings. The van der Waals surface area contributed by atoms with E-state index in [4.69, 9.17) is 0 Å². The summed E-state index contributed by atoms with van der Waals surface area (Å²) in [7, 11) is -3.64. The maximum absolute atomic E-state index is 12.0. The quantitative estimate of drug-likeness (QED) is 0.901. The normalized spacial score (nSPS) is 11.4. The maximum Gasteiger partial charge on any atom is 0.266 e. The van der Waals surface area contributed by atoms with Crippen LogP contribution < -0.4 is 4.72 Å². The molecule has 90 valence electrons. The topological polar surface area (TPSA) is 87.7 Å². The smallest absolute Gasteiger partial charge is 0.266 e. The third-order valence-electron chi connectivity index (χ3n) is 2.03. The van der Waals surface area contributed by atoms with Crippen LogP contribution in [-0.4, -0.2) is 23.6 Å². The minimum atomic E-state index is -3.64. The van der Waals surface area contributed by atoms with Gasteiger partial charge in [0.15, 0.2) is 0 Å². The van der Waals surface area contributed by atoms with Gasteiger partial charge in [-0.3, -0.25) is 9.82 Å². The maximum atomic E-state index is 12.0. The second kappa shape index (κ2) is 4.46. The van der Waals surface area contributed by atoms with Crippen molar-refractivity contribution in [1.82, 2.24) is 15.2 Å². The van der Waals surface area contributed by atoms with E-state index >= 15 is 0 Å². The molecule has 2 rings (SSSR count). The van der Waals surface area contributed by atoms with E-state index in [-0.39, 0.29) is 10.7 Å². The predicted molar refractivity (Wildman–Crippen MR) is 66.1 cm³/mol. The van der Waals surface area contributed by atoms with Crippen molar-refractivity contribution in [3.8, 4) is 0 Å². The molecule has 2 aromatic heterocycles. The number of rotatable bonds is 3. The van der Waals surface area contributed by atoms with E-state index in [1.807, 2.05) is 0 Å². The van der Waals surface area contributed by atoms with Crippen LogP contribution in [0.25, 0.3) is 0 Å². The summed E-state index contributed by atoms with van der Waals surface area (Å²) < 4.78 is 27.1. The number of hydrogen-bond donors (Lipinski definition) is 2. The lowest BCUT2D eigenvalue weighted by atomic mass is 10.5. The van der Waals surface area contributed by atoms with E-state index in [0.717, 1.165) is 4.47 Å². The zero-order valence-corrected chi connectivity index (χ0v) is 11.2. The highest BCUT2D eigenvalue weighted by molar-refractivity contribution is 9.10. The van der Waals surface area contributed by atoms with Crippen LogP contribution in [0.15, 0.2) is 33.9 Å². The van der Waals surface area contributed by atoms with Gasteiger partial charge in [0.1, 0.15) is 10.7 Å². The van der Waals surface area contributed by atoms with Crippen molar-refractivity contribution < 1.29 is 8.42 Å². The van der Waals surface area contributed by atoms with Gasteiger partial charge >= 0.3 is 0 Å². The zero-order valence-electron chi connectivity index (χ0n) is 8.81. The van der Waals surface area contributed by atoms with E-state index in [1.165, 1.54) is 12.4 Å². The van der Waals surface area contributed by atoms with Gasteiger partial charge in [0.2, 0.25) is 0 Å². The first kappa shape index (κ1) is 12.1. The summed E-state index contributed by atoms with van der Waals surface area (Å²) in [4.78, 5) is 4.02. The fourth-order valence-corrected chi connectivity index (χ4v) is 2.74. The number of sulfonamides is 1. The number of H-pyrrole nitrogens is 1.